The number of hydrogen-bond acceptors (Lipinski definition) is 2. The van der Waals surface area contributed by atoms with Gasteiger partial charge < -0.3 is 10.1 Å². The van der Waals surface area contributed by atoms with E-state index in [1.54, 1.807) is 7.11 Å². The fourth-order valence-corrected chi connectivity index (χ4v) is 2.07. The highest BCUT2D eigenvalue weighted by molar-refractivity contribution is 5.24. The van der Waals surface area contributed by atoms with Gasteiger partial charge in [0.1, 0.15) is 11.6 Å². The second-order valence-electron chi connectivity index (χ2n) is 4.25. The zero-order valence-corrected chi connectivity index (χ0v) is 11.2. The van der Waals surface area contributed by atoms with Crippen LogP contribution in [0.2, 0.25) is 0 Å². The molecule has 0 saturated heterocycles. The van der Waals surface area contributed by atoms with Gasteiger partial charge in [-0.3, -0.25) is 0 Å². The summed E-state index contributed by atoms with van der Waals surface area (Å²) >= 11 is 0. The maximum atomic E-state index is 13.8. The molecule has 1 aromatic carbocycles. The molecule has 1 rings (SSSR count). The first-order chi connectivity index (χ1) is 8.65. The Bertz CT molecular complexity index is 347. The first-order valence-corrected chi connectivity index (χ1v) is 6.35. The smallest absolute Gasteiger partial charge is 0.131 e. The van der Waals surface area contributed by atoms with E-state index in [0.29, 0.717) is 13.0 Å². The molecule has 0 amide bonds. The van der Waals surface area contributed by atoms with Gasteiger partial charge in [-0.25, -0.2) is 8.78 Å². The molecule has 0 heterocycles. The third-order valence-electron chi connectivity index (χ3n) is 3.00. The summed E-state index contributed by atoms with van der Waals surface area (Å²) in [6.07, 6.45) is 1.33. The van der Waals surface area contributed by atoms with Crippen molar-refractivity contribution in [2.24, 2.45) is 0 Å². The van der Waals surface area contributed by atoms with Gasteiger partial charge in [0.15, 0.2) is 0 Å². The molecule has 1 aromatic rings. The molecule has 0 aromatic heterocycles. The number of benzene rings is 1. The second kappa shape index (κ2) is 7.44. The predicted molar refractivity (Wildman–Crippen MR) is 68.5 cm³/mol. The molecule has 0 bridgehead atoms. The van der Waals surface area contributed by atoms with E-state index in [0.717, 1.165) is 6.42 Å². The number of methoxy groups -OCH3 is 1. The number of rotatable bonds is 7. The van der Waals surface area contributed by atoms with Crippen LogP contribution < -0.4 is 5.32 Å². The second-order valence-corrected chi connectivity index (χ2v) is 4.25. The van der Waals surface area contributed by atoms with E-state index in [1.807, 2.05) is 13.8 Å². The molecule has 0 spiro atoms. The summed E-state index contributed by atoms with van der Waals surface area (Å²) in [5, 5.41) is 3.16. The maximum Gasteiger partial charge on any atom is 0.131 e. The van der Waals surface area contributed by atoms with Crippen LogP contribution in [0.25, 0.3) is 0 Å². The first-order valence-electron chi connectivity index (χ1n) is 6.35. The third kappa shape index (κ3) is 3.50. The van der Waals surface area contributed by atoms with E-state index in [9.17, 15) is 8.78 Å². The number of hydrogen-bond donors (Lipinski definition) is 1. The maximum absolute atomic E-state index is 13.8. The Morgan fingerprint density at radius 1 is 1.22 bits per heavy atom. The van der Waals surface area contributed by atoms with Crippen LogP contribution in [0.15, 0.2) is 18.2 Å². The van der Waals surface area contributed by atoms with Gasteiger partial charge in [-0.2, -0.15) is 0 Å². The Kier molecular flexibility index (Phi) is 6.22. The summed E-state index contributed by atoms with van der Waals surface area (Å²) in [6, 6.07) is 3.47. The average molecular weight is 257 g/mol. The van der Waals surface area contributed by atoms with Crippen LogP contribution in [0.1, 0.15) is 38.3 Å². The largest absolute Gasteiger partial charge is 0.379 e. The van der Waals surface area contributed by atoms with Crippen molar-refractivity contribution in [1.29, 1.82) is 0 Å². The summed E-state index contributed by atoms with van der Waals surface area (Å²) < 4.78 is 33.0. The van der Waals surface area contributed by atoms with Crippen molar-refractivity contribution in [2.45, 2.75) is 38.8 Å². The van der Waals surface area contributed by atoms with Gasteiger partial charge in [-0.1, -0.05) is 19.9 Å². The molecule has 2 atom stereocenters. The van der Waals surface area contributed by atoms with Gasteiger partial charge in [0.05, 0.1) is 12.1 Å². The van der Waals surface area contributed by atoms with Crippen LogP contribution >= 0.6 is 0 Å². The monoisotopic (exact) mass is 257 g/mol. The molecular formula is C14H21F2NO. The summed E-state index contributed by atoms with van der Waals surface area (Å²) in [7, 11) is 1.56. The van der Waals surface area contributed by atoms with Crippen LogP contribution in [-0.4, -0.2) is 19.8 Å². The zero-order chi connectivity index (χ0) is 13.5. The Morgan fingerprint density at radius 2 is 1.83 bits per heavy atom. The lowest BCUT2D eigenvalue weighted by Crippen LogP contribution is -2.34. The zero-order valence-electron chi connectivity index (χ0n) is 11.2. The van der Waals surface area contributed by atoms with Gasteiger partial charge >= 0.3 is 0 Å². The van der Waals surface area contributed by atoms with Crippen LogP contribution in [0.4, 0.5) is 8.78 Å². The minimum absolute atomic E-state index is 0.0691. The normalized spacial score (nSPS) is 14.5. The van der Waals surface area contributed by atoms with Crippen molar-refractivity contribution in [3.63, 3.8) is 0 Å². The molecule has 0 aliphatic heterocycles. The summed E-state index contributed by atoms with van der Waals surface area (Å²) in [5.41, 5.74) is 0.0691. The molecule has 0 saturated carbocycles. The van der Waals surface area contributed by atoms with E-state index in [-0.39, 0.29) is 11.7 Å². The Labute approximate surface area is 107 Å². The van der Waals surface area contributed by atoms with Crippen molar-refractivity contribution in [2.75, 3.05) is 13.7 Å². The van der Waals surface area contributed by atoms with Gasteiger partial charge in [-0.15, -0.1) is 0 Å². The molecule has 0 fully saturated rings. The van der Waals surface area contributed by atoms with Crippen LogP contribution in [0.3, 0.4) is 0 Å². The number of halogens is 2. The van der Waals surface area contributed by atoms with Crippen LogP contribution in [0, 0.1) is 11.6 Å². The first kappa shape index (κ1) is 15.1. The van der Waals surface area contributed by atoms with E-state index in [2.05, 4.69) is 5.32 Å². The predicted octanol–water partition coefficient (Wildman–Crippen LogP) is 3.43. The van der Waals surface area contributed by atoms with Crippen molar-refractivity contribution < 1.29 is 13.5 Å². The van der Waals surface area contributed by atoms with Crippen LogP contribution in [0.5, 0.6) is 0 Å². The third-order valence-corrected chi connectivity index (χ3v) is 3.00. The van der Waals surface area contributed by atoms with E-state index in [4.69, 9.17) is 4.74 Å². The molecule has 4 heteroatoms. The van der Waals surface area contributed by atoms with Gasteiger partial charge in [-0.05, 0) is 31.5 Å². The molecule has 18 heavy (non-hydrogen) atoms. The highest BCUT2D eigenvalue weighted by Crippen LogP contribution is 2.26. The Hall–Kier alpha value is -1.00. The molecular weight excluding hydrogens is 236 g/mol. The topological polar surface area (TPSA) is 21.3 Å². The van der Waals surface area contributed by atoms with Gasteiger partial charge in [0.2, 0.25) is 0 Å². The molecule has 2 nitrogen and oxygen atoms in total. The number of nitrogens with one attached hydrogen (secondary N) is 1. The van der Waals surface area contributed by atoms with Crippen molar-refractivity contribution >= 4 is 0 Å². The van der Waals surface area contributed by atoms with Crippen molar-refractivity contribution in [3.05, 3.63) is 35.4 Å². The quantitative estimate of drug-likeness (QED) is 0.808. The van der Waals surface area contributed by atoms with Crippen LogP contribution in [-0.2, 0) is 4.74 Å². The minimum atomic E-state index is -0.529. The highest BCUT2D eigenvalue weighted by atomic mass is 19.1. The minimum Gasteiger partial charge on any atom is -0.379 e. The molecule has 0 aliphatic rings. The van der Waals surface area contributed by atoms with Crippen molar-refractivity contribution in [1.82, 2.24) is 5.32 Å². The fraction of sp³-hybridized carbons (Fsp3) is 0.571. The average Bonchev–Trinajstić information content (AvgIpc) is 2.36. The highest BCUT2D eigenvalue weighted by Gasteiger charge is 2.26. The molecule has 1 N–H and O–H groups in total. The molecule has 102 valence electrons. The Balaban J connectivity index is 3.08. The fourth-order valence-electron chi connectivity index (χ4n) is 2.07. The van der Waals surface area contributed by atoms with Gasteiger partial charge in [0, 0.05) is 12.7 Å². The molecule has 2 unspecified atom stereocenters. The lowest BCUT2D eigenvalue weighted by Gasteiger charge is -2.27. The molecule has 0 radical (unpaired) electrons. The van der Waals surface area contributed by atoms with Crippen molar-refractivity contribution in [3.8, 4) is 0 Å². The summed E-state index contributed by atoms with van der Waals surface area (Å²) in [5.74, 6) is -1.06. The molecule has 0 aliphatic carbocycles. The summed E-state index contributed by atoms with van der Waals surface area (Å²) in [4.78, 5) is 0. The number of ether oxygens (including phenoxy) is 1. The van der Waals surface area contributed by atoms with Gasteiger partial charge in [0.25, 0.3) is 0 Å². The lowest BCUT2D eigenvalue weighted by molar-refractivity contribution is 0.0627. The Morgan fingerprint density at radius 3 is 2.28 bits per heavy atom. The standard InChI is InChI=1S/C14H21F2NO/c1-4-9-17-14(12(5-2)18-3)13-10(15)7-6-8-11(13)16/h6-8,12,14,17H,4-5,9H2,1-3H3. The SMILES string of the molecule is CCCNC(c1c(F)cccc1F)C(CC)OC. The lowest BCUT2D eigenvalue weighted by atomic mass is 9.98. The van der Waals surface area contributed by atoms with E-state index < -0.39 is 17.7 Å². The van der Waals surface area contributed by atoms with E-state index >= 15 is 0 Å². The van der Waals surface area contributed by atoms with E-state index in [1.165, 1.54) is 18.2 Å². The summed E-state index contributed by atoms with van der Waals surface area (Å²) in [6.45, 7) is 4.64.